The van der Waals surface area contributed by atoms with E-state index < -0.39 is 0 Å². The highest BCUT2D eigenvalue weighted by molar-refractivity contribution is 7.80. The fraction of sp³-hybridized carbons (Fsp3) is 0.263. The summed E-state index contributed by atoms with van der Waals surface area (Å²) >= 11 is 11.7. The van der Waals surface area contributed by atoms with Gasteiger partial charge in [-0.25, -0.2) is 0 Å². The maximum atomic E-state index is 12.5. The van der Waals surface area contributed by atoms with Gasteiger partial charge in [0.2, 0.25) is 0 Å². The topological polar surface area (TPSA) is 62.8 Å². The first-order valence-corrected chi connectivity index (χ1v) is 9.25. The van der Waals surface area contributed by atoms with Gasteiger partial charge < -0.3 is 19.7 Å². The van der Waals surface area contributed by atoms with Crippen LogP contribution in [0.2, 0.25) is 5.02 Å². The Labute approximate surface area is 168 Å². The first kappa shape index (κ1) is 19.4. The molecule has 0 atom stereocenters. The van der Waals surface area contributed by atoms with E-state index in [0.717, 1.165) is 24.5 Å². The molecule has 1 amide bonds. The van der Waals surface area contributed by atoms with Crippen LogP contribution < -0.4 is 20.3 Å². The van der Waals surface area contributed by atoms with Crippen LogP contribution in [0.15, 0.2) is 42.5 Å². The maximum Gasteiger partial charge on any atom is 0.261 e. The predicted molar refractivity (Wildman–Crippen MR) is 111 cm³/mol. The van der Waals surface area contributed by atoms with Gasteiger partial charge in [0.15, 0.2) is 5.11 Å². The molecule has 2 aromatic carbocycles. The second-order valence-electron chi connectivity index (χ2n) is 5.84. The molecular formula is C19H20ClN3O3S. The lowest BCUT2D eigenvalue weighted by molar-refractivity contribution is 0.0975. The normalized spacial score (nSPS) is 13.8. The lowest BCUT2D eigenvalue weighted by Gasteiger charge is -2.31. The molecule has 2 aromatic rings. The Morgan fingerprint density at radius 2 is 1.93 bits per heavy atom. The van der Waals surface area contributed by atoms with Crippen LogP contribution in [0.5, 0.6) is 5.75 Å². The highest BCUT2D eigenvalue weighted by atomic mass is 35.5. The summed E-state index contributed by atoms with van der Waals surface area (Å²) in [7, 11) is 1.52. The minimum Gasteiger partial charge on any atom is -0.496 e. The summed E-state index contributed by atoms with van der Waals surface area (Å²) in [6, 6.07) is 12.5. The number of para-hydroxylation sites is 2. The van der Waals surface area contributed by atoms with Crippen LogP contribution in [0.4, 0.5) is 11.4 Å². The van der Waals surface area contributed by atoms with Gasteiger partial charge in [0.1, 0.15) is 5.75 Å². The molecule has 0 aromatic heterocycles. The lowest BCUT2D eigenvalue weighted by Crippen LogP contribution is -2.38. The second kappa shape index (κ2) is 9.03. The Bertz CT molecular complexity index is 841. The molecule has 1 heterocycles. The zero-order valence-corrected chi connectivity index (χ0v) is 16.4. The Hall–Kier alpha value is -2.35. The monoisotopic (exact) mass is 405 g/mol. The molecule has 0 radical (unpaired) electrons. The molecule has 27 heavy (non-hydrogen) atoms. The third-order valence-electron chi connectivity index (χ3n) is 4.14. The molecule has 1 fully saturated rings. The Morgan fingerprint density at radius 1 is 1.19 bits per heavy atom. The van der Waals surface area contributed by atoms with Crippen LogP contribution >= 0.6 is 23.8 Å². The summed E-state index contributed by atoms with van der Waals surface area (Å²) in [5.74, 6) is 0.134. The number of methoxy groups -OCH3 is 1. The van der Waals surface area contributed by atoms with Crippen molar-refractivity contribution in [1.82, 2.24) is 5.32 Å². The SMILES string of the molecule is COc1ccccc1C(=O)NC(=S)Nc1cccc(Cl)c1N1CCOCC1. The fourth-order valence-electron chi connectivity index (χ4n) is 2.88. The largest absolute Gasteiger partial charge is 0.496 e. The molecule has 1 saturated heterocycles. The van der Waals surface area contributed by atoms with Crippen molar-refractivity contribution >= 4 is 46.2 Å². The van der Waals surface area contributed by atoms with Crippen LogP contribution in [0.1, 0.15) is 10.4 Å². The molecule has 0 aliphatic carbocycles. The number of hydrogen-bond acceptors (Lipinski definition) is 5. The summed E-state index contributed by atoms with van der Waals surface area (Å²) in [6.45, 7) is 2.75. The number of nitrogens with zero attached hydrogens (tertiary/aromatic N) is 1. The Balaban J connectivity index is 1.74. The van der Waals surface area contributed by atoms with Crippen molar-refractivity contribution in [1.29, 1.82) is 0 Å². The van der Waals surface area contributed by atoms with Gasteiger partial charge in [0.05, 0.1) is 42.3 Å². The summed E-state index contributed by atoms with van der Waals surface area (Å²) in [4.78, 5) is 14.6. The zero-order chi connectivity index (χ0) is 19.2. The molecule has 1 aliphatic rings. The van der Waals surface area contributed by atoms with Gasteiger partial charge in [-0.15, -0.1) is 0 Å². The van der Waals surface area contributed by atoms with Crippen molar-refractivity contribution in [3.8, 4) is 5.75 Å². The number of halogens is 1. The first-order valence-electron chi connectivity index (χ1n) is 8.46. The molecule has 3 rings (SSSR count). The molecule has 0 spiro atoms. The molecule has 0 unspecified atom stereocenters. The number of benzene rings is 2. The van der Waals surface area contributed by atoms with Crippen molar-refractivity contribution in [2.75, 3.05) is 43.6 Å². The van der Waals surface area contributed by atoms with Crippen molar-refractivity contribution in [2.45, 2.75) is 0 Å². The molecule has 8 heteroatoms. The third-order valence-corrected chi connectivity index (χ3v) is 4.65. The van der Waals surface area contributed by atoms with Crippen LogP contribution in [-0.4, -0.2) is 44.4 Å². The number of hydrogen-bond donors (Lipinski definition) is 2. The van der Waals surface area contributed by atoms with Crippen LogP contribution in [-0.2, 0) is 4.74 Å². The first-order chi connectivity index (χ1) is 13.1. The van der Waals surface area contributed by atoms with Crippen molar-refractivity contribution < 1.29 is 14.3 Å². The zero-order valence-electron chi connectivity index (χ0n) is 14.8. The van der Waals surface area contributed by atoms with Gasteiger partial charge in [-0.3, -0.25) is 10.1 Å². The highest BCUT2D eigenvalue weighted by Crippen LogP contribution is 2.34. The summed E-state index contributed by atoms with van der Waals surface area (Å²) in [6.07, 6.45) is 0. The number of morpholine rings is 1. The highest BCUT2D eigenvalue weighted by Gasteiger charge is 2.19. The number of anilines is 2. The van der Waals surface area contributed by atoms with E-state index in [1.165, 1.54) is 7.11 Å². The second-order valence-corrected chi connectivity index (χ2v) is 6.66. The van der Waals surface area contributed by atoms with E-state index in [9.17, 15) is 4.79 Å². The number of carbonyl (C=O) groups is 1. The predicted octanol–water partition coefficient (Wildman–Crippen LogP) is 3.31. The molecule has 2 N–H and O–H groups in total. The van der Waals surface area contributed by atoms with Crippen LogP contribution in [0.25, 0.3) is 0 Å². The molecule has 0 bridgehead atoms. The third kappa shape index (κ3) is 4.68. The fourth-order valence-corrected chi connectivity index (χ4v) is 3.38. The summed E-state index contributed by atoms with van der Waals surface area (Å²) in [5, 5.41) is 6.56. The molecule has 142 valence electrons. The standard InChI is InChI=1S/C19H20ClN3O3S/c1-25-16-8-3-2-5-13(16)18(24)22-19(27)21-15-7-4-6-14(20)17(15)23-9-11-26-12-10-23/h2-8H,9-12H2,1H3,(H2,21,22,24,27). The van der Waals surface area contributed by atoms with Crippen molar-refractivity contribution in [2.24, 2.45) is 0 Å². The van der Waals surface area contributed by atoms with E-state index in [1.54, 1.807) is 24.3 Å². The van der Waals surface area contributed by atoms with E-state index in [2.05, 4.69) is 15.5 Å². The number of carbonyl (C=O) groups excluding carboxylic acids is 1. The number of amides is 1. The molecule has 1 aliphatic heterocycles. The van der Waals surface area contributed by atoms with Crippen LogP contribution in [0, 0.1) is 0 Å². The van der Waals surface area contributed by atoms with Gasteiger partial charge >= 0.3 is 0 Å². The number of rotatable bonds is 4. The molecule has 0 saturated carbocycles. The van der Waals surface area contributed by atoms with E-state index in [0.29, 0.717) is 29.5 Å². The average molecular weight is 406 g/mol. The Morgan fingerprint density at radius 3 is 2.67 bits per heavy atom. The lowest BCUT2D eigenvalue weighted by atomic mass is 10.2. The van der Waals surface area contributed by atoms with Gasteiger partial charge in [0.25, 0.3) is 5.91 Å². The molecular weight excluding hydrogens is 386 g/mol. The molecule has 6 nitrogen and oxygen atoms in total. The van der Waals surface area contributed by atoms with E-state index in [4.69, 9.17) is 33.3 Å². The van der Waals surface area contributed by atoms with Gasteiger partial charge in [-0.05, 0) is 36.5 Å². The summed E-state index contributed by atoms with van der Waals surface area (Å²) < 4.78 is 10.6. The van der Waals surface area contributed by atoms with Gasteiger partial charge in [-0.2, -0.15) is 0 Å². The smallest absolute Gasteiger partial charge is 0.261 e. The van der Waals surface area contributed by atoms with Crippen LogP contribution in [0.3, 0.4) is 0 Å². The van der Waals surface area contributed by atoms with Crippen molar-refractivity contribution in [3.05, 3.63) is 53.1 Å². The van der Waals surface area contributed by atoms with E-state index in [-0.39, 0.29) is 11.0 Å². The number of ether oxygens (including phenoxy) is 2. The quantitative estimate of drug-likeness (QED) is 0.761. The van der Waals surface area contributed by atoms with E-state index >= 15 is 0 Å². The average Bonchev–Trinajstić information content (AvgIpc) is 2.68. The maximum absolute atomic E-state index is 12.5. The van der Waals surface area contributed by atoms with Crippen molar-refractivity contribution in [3.63, 3.8) is 0 Å². The number of nitrogens with one attached hydrogen (secondary N) is 2. The Kier molecular flexibility index (Phi) is 6.49. The summed E-state index contributed by atoms with van der Waals surface area (Å²) in [5.41, 5.74) is 1.98. The van der Waals surface area contributed by atoms with Gasteiger partial charge in [0, 0.05) is 13.1 Å². The number of thiocarbonyl (C=S) groups is 1. The van der Waals surface area contributed by atoms with Gasteiger partial charge in [-0.1, -0.05) is 29.8 Å². The minimum atomic E-state index is -0.347. The minimum absolute atomic E-state index is 0.183. The van der Waals surface area contributed by atoms with E-state index in [1.807, 2.05) is 18.2 Å².